The summed E-state index contributed by atoms with van der Waals surface area (Å²) >= 11 is 0. The summed E-state index contributed by atoms with van der Waals surface area (Å²) < 4.78 is 29.6. The lowest BCUT2D eigenvalue weighted by Crippen LogP contribution is -2.51. The molecule has 58 heavy (non-hydrogen) atoms. The lowest BCUT2D eigenvalue weighted by atomic mass is 9.93. The van der Waals surface area contributed by atoms with Crippen LogP contribution in [0.3, 0.4) is 0 Å². The van der Waals surface area contributed by atoms with Gasteiger partial charge in [0.05, 0.1) is 29.6 Å². The number of aliphatic hydroxyl groups excluding tert-OH is 2. The second kappa shape index (κ2) is 18.1. The molecule has 2 saturated heterocycles. The lowest BCUT2D eigenvalue weighted by molar-refractivity contribution is -0.139. The highest BCUT2D eigenvalue weighted by molar-refractivity contribution is 5.97. The van der Waals surface area contributed by atoms with Gasteiger partial charge in [-0.1, -0.05) is 27.7 Å². The number of hydrogen-bond acceptors (Lipinski definition) is 7. The Kier molecular flexibility index (Phi) is 13.4. The van der Waals surface area contributed by atoms with E-state index in [-0.39, 0.29) is 68.2 Å². The van der Waals surface area contributed by atoms with Crippen molar-refractivity contribution in [1.82, 2.24) is 30.4 Å². The Morgan fingerprint density at radius 1 is 0.776 bits per heavy atom. The van der Waals surface area contributed by atoms with Gasteiger partial charge >= 0.3 is 0 Å². The van der Waals surface area contributed by atoms with Gasteiger partial charge in [0.15, 0.2) is 0 Å². The molecule has 3 amide bonds. The maximum absolute atomic E-state index is 14.8. The number of carbonyl (C=O) groups is 4. The highest BCUT2D eigenvalue weighted by atomic mass is 19.1. The molecule has 8 atom stereocenters. The Balaban J connectivity index is 1.40. The molecule has 0 aliphatic carbocycles. The number of rotatable bonds is 16. The molecule has 0 unspecified atom stereocenters. The minimum Gasteiger partial charge on any atom is -0.391 e. The maximum atomic E-state index is 14.8. The van der Waals surface area contributed by atoms with E-state index in [9.17, 15) is 38.2 Å². The Morgan fingerprint density at radius 2 is 1.28 bits per heavy atom. The van der Waals surface area contributed by atoms with E-state index in [1.165, 1.54) is 24.3 Å². The number of nitrogens with one attached hydrogen (secondary N) is 4. The molecule has 4 aromatic rings. The van der Waals surface area contributed by atoms with Gasteiger partial charge in [-0.25, -0.2) is 8.78 Å². The standard InChI is InChI=1S/C44H58F2N6O6/c1-7-23(4)42(56)50-36(9-3)44(58)52-22-31(54)18-29(52)20-35-33-13-11-27(46)16-38(33)49-41(35)40-34(32-12-10-26(45)15-37(32)48-40)19-28-17-30(53)21-51(28)43(57)25(8-2)14-39(55)24(5)47-6/h10-13,15-16,23-25,28-31,36,47-49,53-54H,7-9,14,17-22H2,1-6H3,(H,50,56)/t23-,24+,25+,28+,29+,30+,31+,36-/m1/s1. The van der Waals surface area contributed by atoms with Crippen molar-refractivity contribution in [3.05, 3.63) is 59.2 Å². The molecule has 14 heteroatoms. The van der Waals surface area contributed by atoms with Gasteiger partial charge in [-0.2, -0.15) is 0 Å². The molecule has 2 aliphatic heterocycles. The van der Waals surface area contributed by atoms with Gasteiger partial charge in [0.2, 0.25) is 17.7 Å². The van der Waals surface area contributed by atoms with Gasteiger partial charge in [0.25, 0.3) is 0 Å². The molecule has 6 N–H and O–H groups in total. The van der Waals surface area contributed by atoms with Gasteiger partial charge in [0.1, 0.15) is 23.5 Å². The number of Topliss-reactive ketones (excluding diaryl/α,β-unsaturated/α-hetero) is 1. The van der Waals surface area contributed by atoms with Crippen molar-refractivity contribution in [2.75, 3.05) is 20.1 Å². The molecule has 2 aromatic heterocycles. The van der Waals surface area contributed by atoms with Gasteiger partial charge in [-0.15, -0.1) is 0 Å². The van der Waals surface area contributed by atoms with E-state index in [1.807, 2.05) is 27.7 Å². The summed E-state index contributed by atoms with van der Waals surface area (Å²) in [4.78, 5) is 64.1. The van der Waals surface area contributed by atoms with Crippen molar-refractivity contribution < 1.29 is 38.2 Å². The molecule has 4 heterocycles. The number of ketones is 1. The van der Waals surface area contributed by atoms with E-state index in [1.54, 1.807) is 35.9 Å². The van der Waals surface area contributed by atoms with Crippen LogP contribution in [0.15, 0.2) is 36.4 Å². The summed E-state index contributed by atoms with van der Waals surface area (Å²) in [6.45, 7) is 9.39. The zero-order valence-electron chi connectivity index (χ0n) is 34.3. The molecular weight excluding hydrogens is 747 g/mol. The van der Waals surface area contributed by atoms with E-state index in [4.69, 9.17) is 0 Å². The molecule has 2 fully saturated rings. The topological polar surface area (TPSA) is 171 Å². The highest BCUT2D eigenvalue weighted by Gasteiger charge is 2.41. The molecular formula is C44H58F2N6O6. The van der Waals surface area contributed by atoms with Crippen molar-refractivity contribution in [3.63, 3.8) is 0 Å². The number of likely N-dealkylation sites (tertiary alicyclic amines) is 2. The number of aromatic nitrogens is 2. The van der Waals surface area contributed by atoms with Crippen molar-refractivity contribution >= 4 is 45.3 Å². The third-order valence-corrected chi connectivity index (χ3v) is 12.5. The average Bonchev–Trinajstić information content (AvgIpc) is 3.96. The summed E-state index contributed by atoms with van der Waals surface area (Å²) in [7, 11) is 1.70. The normalized spacial score (nSPS) is 21.8. The fourth-order valence-corrected chi connectivity index (χ4v) is 8.75. The first-order valence-electron chi connectivity index (χ1n) is 20.8. The predicted molar refractivity (Wildman–Crippen MR) is 219 cm³/mol. The summed E-state index contributed by atoms with van der Waals surface area (Å²) in [6, 6.07) is 6.78. The van der Waals surface area contributed by atoms with Gasteiger partial charge in [0, 0.05) is 65.2 Å². The van der Waals surface area contributed by atoms with Crippen molar-refractivity contribution in [1.29, 1.82) is 0 Å². The van der Waals surface area contributed by atoms with Crippen LogP contribution in [-0.2, 0) is 32.0 Å². The fraction of sp³-hybridized carbons (Fsp3) is 0.545. The molecule has 6 rings (SSSR count). The molecule has 0 bridgehead atoms. The minimum absolute atomic E-state index is 0.0705. The third kappa shape index (κ3) is 8.84. The number of β-amino-alcohol motifs (C(OH)–C–C–N with tert-alkyl or cyclic N) is 2. The van der Waals surface area contributed by atoms with Crippen molar-refractivity contribution in [2.24, 2.45) is 11.8 Å². The summed E-state index contributed by atoms with van der Waals surface area (Å²) in [6.07, 6.45) is 1.07. The summed E-state index contributed by atoms with van der Waals surface area (Å²) in [5, 5.41) is 29.2. The number of fused-ring (bicyclic) bond motifs is 2. The summed E-state index contributed by atoms with van der Waals surface area (Å²) in [5.74, 6) is -2.51. The monoisotopic (exact) mass is 804 g/mol. The van der Waals surface area contributed by atoms with E-state index in [0.717, 1.165) is 11.1 Å². The summed E-state index contributed by atoms with van der Waals surface area (Å²) in [5.41, 5.74) is 3.70. The molecule has 0 spiro atoms. The van der Waals surface area contributed by atoms with Crippen LogP contribution in [0.1, 0.15) is 84.3 Å². The Hall–Kier alpha value is -4.66. The highest BCUT2D eigenvalue weighted by Crippen LogP contribution is 2.40. The number of likely N-dealkylation sites (N-methyl/N-ethyl adjacent to an activating group) is 1. The third-order valence-electron chi connectivity index (χ3n) is 12.5. The van der Waals surface area contributed by atoms with E-state index < -0.39 is 53.9 Å². The number of aromatic amines is 2. The van der Waals surface area contributed by atoms with Crippen LogP contribution in [0.5, 0.6) is 0 Å². The number of amides is 3. The Morgan fingerprint density at radius 3 is 1.72 bits per heavy atom. The van der Waals surface area contributed by atoms with Crippen LogP contribution in [-0.4, -0.2) is 110 Å². The van der Waals surface area contributed by atoms with Crippen molar-refractivity contribution in [3.8, 4) is 11.4 Å². The second-order valence-electron chi connectivity index (χ2n) is 16.4. The SMILES string of the molecule is CC[C@@H](CC(=O)[C@H](C)NC)C(=O)N1C[C@@H](O)C[C@H]1Cc1c(-c2[nH]c3cc(F)ccc3c2C[C@@H]2C[C@H](O)CN2C(=O)[C@@H](CC)NC(=O)[C@H](C)CC)[nH]c2cc(F)ccc12. The average molecular weight is 805 g/mol. The quantitative estimate of drug-likeness (QED) is 0.0912. The largest absolute Gasteiger partial charge is 0.391 e. The number of nitrogens with zero attached hydrogens (tertiary/aromatic N) is 2. The van der Waals surface area contributed by atoms with Crippen LogP contribution in [0.2, 0.25) is 0 Å². The van der Waals surface area contributed by atoms with Gasteiger partial charge in [-0.05, 0) is 106 Å². The number of carbonyl (C=O) groups excluding carboxylic acids is 4. The number of hydrogen-bond donors (Lipinski definition) is 6. The fourth-order valence-electron chi connectivity index (χ4n) is 8.75. The zero-order valence-corrected chi connectivity index (χ0v) is 34.3. The van der Waals surface area contributed by atoms with E-state index >= 15 is 0 Å². The molecule has 2 aliphatic rings. The van der Waals surface area contributed by atoms with Gasteiger partial charge in [-0.3, -0.25) is 19.2 Å². The first kappa shape index (κ1) is 42.9. The second-order valence-corrected chi connectivity index (χ2v) is 16.4. The smallest absolute Gasteiger partial charge is 0.245 e. The van der Waals surface area contributed by atoms with Crippen LogP contribution < -0.4 is 10.6 Å². The number of halogens is 2. The number of aliphatic hydroxyl groups is 2. The number of H-pyrrole nitrogens is 2. The Labute approximate surface area is 338 Å². The predicted octanol–water partition coefficient (Wildman–Crippen LogP) is 5.14. The molecule has 2 aromatic carbocycles. The van der Waals surface area contributed by atoms with Gasteiger partial charge < -0.3 is 40.6 Å². The minimum atomic E-state index is -0.796. The van der Waals surface area contributed by atoms with E-state index in [0.29, 0.717) is 58.9 Å². The van der Waals surface area contributed by atoms with Crippen LogP contribution >= 0.6 is 0 Å². The first-order chi connectivity index (χ1) is 27.7. The molecule has 0 saturated carbocycles. The number of benzene rings is 2. The maximum Gasteiger partial charge on any atom is 0.245 e. The van der Waals surface area contributed by atoms with E-state index in [2.05, 4.69) is 20.6 Å². The Bertz CT molecular complexity index is 2000. The van der Waals surface area contributed by atoms with Crippen LogP contribution in [0.25, 0.3) is 33.2 Å². The molecule has 12 nitrogen and oxygen atoms in total. The molecule has 0 radical (unpaired) electrons. The lowest BCUT2D eigenvalue weighted by Gasteiger charge is -2.30. The molecule has 314 valence electrons. The van der Waals surface area contributed by atoms with Crippen molar-refractivity contribution in [2.45, 2.75) is 122 Å². The van der Waals surface area contributed by atoms with Crippen LogP contribution in [0, 0.1) is 23.5 Å². The zero-order chi connectivity index (χ0) is 42.0. The van der Waals surface area contributed by atoms with Crippen LogP contribution in [0.4, 0.5) is 8.78 Å². The first-order valence-corrected chi connectivity index (χ1v) is 20.8.